The number of hydrogen-bond donors (Lipinski definition) is 1. The van der Waals surface area contributed by atoms with Crippen LogP contribution in [0.3, 0.4) is 0 Å². The molecule has 152 valence electrons. The van der Waals surface area contributed by atoms with Crippen molar-refractivity contribution >= 4 is 27.5 Å². The van der Waals surface area contributed by atoms with E-state index in [1.54, 1.807) is 24.3 Å². The molecule has 0 aliphatic heterocycles. The molecule has 3 aromatic rings. The maximum Gasteiger partial charge on any atom is 0.435 e. The highest BCUT2D eigenvalue weighted by atomic mass is 79.9. The Labute approximate surface area is 168 Å². The van der Waals surface area contributed by atoms with Gasteiger partial charge in [0.25, 0.3) is 5.91 Å². The molecule has 0 radical (unpaired) electrons. The molecule has 0 aliphatic rings. The summed E-state index contributed by atoms with van der Waals surface area (Å²) in [7, 11) is 0. The van der Waals surface area contributed by atoms with Gasteiger partial charge < -0.3 is 5.32 Å². The zero-order valence-corrected chi connectivity index (χ0v) is 15.7. The van der Waals surface area contributed by atoms with Crippen LogP contribution in [0, 0.1) is 0 Å². The summed E-state index contributed by atoms with van der Waals surface area (Å²) in [6, 6.07) is 11.2. The molecule has 1 aromatic heterocycles. The lowest BCUT2D eigenvalue weighted by Gasteiger charge is -2.11. The van der Waals surface area contributed by atoms with Gasteiger partial charge in [-0.1, -0.05) is 15.9 Å². The van der Waals surface area contributed by atoms with Gasteiger partial charge in [-0.2, -0.15) is 31.4 Å². The van der Waals surface area contributed by atoms with Gasteiger partial charge in [0.2, 0.25) is 0 Å². The lowest BCUT2D eigenvalue weighted by molar-refractivity contribution is -0.143. The summed E-state index contributed by atoms with van der Waals surface area (Å²) in [5.74, 6) is -0.459. The highest BCUT2D eigenvalue weighted by molar-refractivity contribution is 9.10. The summed E-state index contributed by atoms with van der Waals surface area (Å²) in [5.41, 5.74) is -2.86. The molecule has 0 bridgehead atoms. The molecule has 0 saturated carbocycles. The molecule has 1 amide bonds. The van der Waals surface area contributed by atoms with Crippen molar-refractivity contribution in [1.29, 1.82) is 0 Å². The van der Waals surface area contributed by atoms with Crippen molar-refractivity contribution in [3.8, 4) is 5.69 Å². The lowest BCUT2D eigenvalue weighted by Crippen LogP contribution is -2.14. The largest absolute Gasteiger partial charge is 0.435 e. The molecule has 3 rings (SSSR count). The Balaban J connectivity index is 1.87. The van der Waals surface area contributed by atoms with E-state index in [9.17, 15) is 31.1 Å². The number of amides is 1. The number of halogens is 7. The summed E-state index contributed by atoms with van der Waals surface area (Å²) in [4.78, 5) is 12.2. The number of benzene rings is 2. The second-order valence-corrected chi connectivity index (χ2v) is 6.75. The van der Waals surface area contributed by atoms with Crippen molar-refractivity contribution in [2.75, 3.05) is 5.32 Å². The Bertz CT molecular complexity index is 1020. The topological polar surface area (TPSA) is 46.9 Å². The lowest BCUT2D eigenvalue weighted by atomic mass is 10.2. The monoisotopic (exact) mass is 477 g/mol. The van der Waals surface area contributed by atoms with Crippen LogP contribution in [0.15, 0.2) is 59.1 Å². The van der Waals surface area contributed by atoms with Crippen molar-refractivity contribution in [2.45, 2.75) is 12.4 Å². The minimum atomic E-state index is -5.04. The smallest absolute Gasteiger partial charge is 0.322 e. The number of carbonyl (C=O) groups is 1. The number of nitrogens with one attached hydrogen (secondary N) is 1. The van der Waals surface area contributed by atoms with Gasteiger partial charge in [-0.05, 0) is 48.5 Å². The summed E-state index contributed by atoms with van der Waals surface area (Å²) in [6.45, 7) is 0. The Morgan fingerprint density at radius 3 is 2.00 bits per heavy atom. The fourth-order valence-corrected chi connectivity index (χ4v) is 2.67. The molecule has 29 heavy (non-hydrogen) atoms. The van der Waals surface area contributed by atoms with Gasteiger partial charge in [0, 0.05) is 21.8 Å². The first-order chi connectivity index (χ1) is 13.4. The Morgan fingerprint density at radius 1 is 0.897 bits per heavy atom. The molecule has 0 atom stereocenters. The molecule has 1 N–H and O–H groups in total. The third-order valence-electron chi connectivity index (χ3n) is 3.77. The van der Waals surface area contributed by atoms with Crippen LogP contribution < -0.4 is 5.32 Å². The van der Waals surface area contributed by atoms with Crippen LogP contribution in [0.5, 0.6) is 0 Å². The number of aromatic nitrogens is 2. The number of hydrogen-bond acceptors (Lipinski definition) is 2. The number of carbonyl (C=O) groups excluding carboxylic acids is 1. The molecular weight excluding hydrogens is 468 g/mol. The van der Waals surface area contributed by atoms with Gasteiger partial charge >= 0.3 is 12.4 Å². The van der Waals surface area contributed by atoms with Crippen molar-refractivity contribution in [3.05, 3.63) is 76.0 Å². The first kappa shape index (κ1) is 20.9. The van der Waals surface area contributed by atoms with Crippen LogP contribution in [0.1, 0.15) is 21.7 Å². The second kappa shape index (κ2) is 7.54. The van der Waals surface area contributed by atoms with E-state index in [1.165, 1.54) is 12.1 Å². The predicted molar refractivity (Wildman–Crippen MR) is 95.7 cm³/mol. The van der Waals surface area contributed by atoms with Crippen molar-refractivity contribution in [1.82, 2.24) is 9.78 Å². The van der Waals surface area contributed by atoms with E-state index in [0.29, 0.717) is 5.56 Å². The van der Waals surface area contributed by atoms with E-state index >= 15 is 0 Å². The summed E-state index contributed by atoms with van der Waals surface area (Å²) in [6.07, 6.45) is -10.1. The van der Waals surface area contributed by atoms with E-state index in [4.69, 9.17) is 0 Å². The summed E-state index contributed by atoms with van der Waals surface area (Å²) < 4.78 is 78.6. The van der Waals surface area contributed by atoms with Crippen molar-refractivity contribution in [3.63, 3.8) is 0 Å². The van der Waals surface area contributed by atoms with Crippen LogP contribution in [0.2, 0.25) is 0 Å². The SMILES string of the molecule is O=C(Nc1ccc(-n2nc(C(F)(F)F)cc2C(F)(F)F)cc1)c1ccc(Br)cc1. The van der Waals surface area contributed by atoms with Gasteiger partial charge in [-0.3, -0.25) is 4.79 Å². The zero-order chi connectivity index (χ0) is 21.4. The maximum atomic E-state index is 13.1. The average Bonchev–Trinajstić information content (AvgIpc) is 3.09. The van der Waals surface area contributed by atoms with Crippen LogP contribution in [0.25, 0.3) is 5.69 Å². The highest BCUT2D eigenvalue weighted by Crippen LogP contribution is 2.36. The highest BCUT2D eigenvalue weighted by Gasteiger charge is 2.42. The quantitative estimate of drug-likeness (QED) is 0.475. The predicted octanol–water partition coefficient (Wildman–Crippen LogP) is 5.92. The van der Waals surface area contributed by atoms with Crippen LogP contribution in [-0.4, -0.2) is 15.7 Å². The molecule has 4 nitrogen and oxygen atoms in total. The van der Waals surface area contributed by atoms with Crippen molar-refractivity contribution in [2.24, 2.45) is 0 Å². The number of anilines is 1. The minimum absolute atomic E-state index is 0.0524. The summed E-state index contributed by atoms with van der Waals surface area (Å²) >= 11 is 3.23. The fraction of sp³-hybridized carbons (Fsp3) is 0.111. The number of rotatable bonds is 3. The third kappa shape index (κ3) is 4.78. The van der Waals surface area contributed by atoms with Gasteiger partial charge in [0.15, 0.2) is 5.69 Å². The second-order valence-electron chi connectivity index (χ2n) is 5.83. The van der Waals surface area contributed by atoms with Gasteiger partial charge in [-0.25, -0.2) is 4.68 Å². The molecular formula is C18H10BrF6N3O. The van der Waals surface area contributed by atoms with Crippen LogP contribution >= 0.6 is 15.9 Å². The molecule has 0 aliphatic carbocycles. The number of alkyl halides is 6. The van der Waals surface area contributed by atoms with E-state index in [1.807, 2.05) is 0 Å². The minimum Gasteiger partial charge on any atom is -0.322 e. The Hall–Kier alpha value is -2.82. The van der Waals surface area contributed by atoms with Crippen LogP contribution in [-0.2, 0) is 12.4 Å². The van der Waals surface area contributed by atoms with Gasteiger partial charge in [0.05, 0.1) is 5.69 Å². The molecule has 0 unspecified atom stereocenters. The van der Waals surface area contributed by atoms with Crippen molar-refractivity contribution < 1.29 is 31.1 Å². The Morgan fingerprint density at radius 2 is 1.48 bits per heavy atom. The van der Waals surface area contributed by atoms with E-state index in [0.717, 1.165) is 16.6 Å². The molecule has 0 spiro atoms. The van der Waals surface area contributed by atoms with Gasteiger partial charge in [0.1, 0.15) is 5.69 Å². The Kier molecular flexibility index (Phi) is 5.44. The van der Waals surface area contributed by atoms with E-state index < -0.39 is 29.6 Å². The zero-order valence-electron chi connectivity index (χ0n) is 14.1. The molecule has 2 aromatic carbocycles. The van der Waals surface area contributed by atoms with E-state index in [-0.39, 0.29) is 22.1 Å². The number of nitrogens with zero attached hydrogens (tertiary/aromatic N) is 2. The van der Waals surface area contributed by atoms with E-state index in [2.05, 4.69) is 26.3 Å². The maximum absolute atomic E-state index is 13.1. The average molecular weight is 478 g/mol. The van der Waals surface area contributed by atoms with Crippen LogP contribution in [0.4, 0.5) is 32.0 Å². The normalized spacial score (nSPS) is 12.1. The standard InChI is InChI=1S/C18H10BrF6N3O/c19-11-3-1-10(2-4-11)16(29)26-12-5-7-13(8-6-12)28-15(18(23,24)25)9-14(27-28)17(20,21)22/h1-9H,(H,26,29). The first-order valence-electron chi connectivity index (χ1n) is 7.87. The molecule has 11 heteroatoms. The molecule has 0 fully saturated rings. The summed E-state index contributed by atoms with van der Waals surface area (Å²) in [5, 5.41) is 5.59. The fourth-order valence-electron chi connectivity index (χ4n) is 2.41. The molecule has 0 saturated heterocycles. The molecule has 1 heterocycles. The first-order valence-corrected chi connectivity index (χ1v) is 8.66. The third-order valence-corrected chi connectivity index (χ3v) is 4.30. The van der Waals surface area contributed by atoms with Gasteiger partial charge in [-0.15, -0.1) is 0 Å².